The molecule has 0 aliphatic heterocycles. The highest BCUT2D eigenvalue weighted by Gasteiger charge is 2.35. The first-order valence-electron chi connectivity index (χ1n) is 8.04. The molecule has 0 aliphatic rings. The summed E-state index contributed by atoms with van der Waals surface area (Å²) in [4.78, 5) is 23.5. The molecule has 1 amide bonds. The van der Waals surface area contributed by atoms with Crippen molar-refractivity contribution in [1.82, 2.24) is 10.6 Å². The van der Waals surface area contributed by atoms with Gasteiger partial charge in [-0.1, -0.05) is 46.9 Å². The highest BCUT2D eigenvalue weighted by molar-refractivity contribution is 14.1. The van der Waals surface area contributed by atoms with Gasteiger partial charge in [-0.15, -0.1) is 0 Å². The molecule has 3 N–H and O–H groups in total. The van der Waals surface area contributed by atoms with Gasteiger partial charge in [0.05, 0.1) is 5.56 Å². The SMILES string of the molecule is CC(=O)Oc1ccc(NC(=S)NC(NC(=O)c2ccccc2I)C(Cl)(Cl)Cl)cc1. The topological polar surface area (TPSA) is 79.5 Å². The Hall–Kier alpha value is -1.33. The minimum Gasteiger partial charge on any atom is -0.427 e. The number of benzene rings is 2. The quantitative estimate of drug-likeness (QED) is 0.119. The summed E-state index contributed by atoms with van der Waals surface area (Å²) in [5.74, 6) is -0.449. The van der Waals surface area contributed by atoms with E-state index < -0.39 is 21.8 Å². The summed E-state index contributed by atoms with van der Waals surface area (Å²) in [6.45, 7) is 1.31. The highest BCUT2D eigenvalue weighted by Crippen LogP contribution is 2.29. The first kappa shape index (κ1) is 23.9. The van der Waals surface area contributed by atoms with Gasteiger partial charge in [-0.2, -0.15) is 0 Å². The van der Waals surface area contributed by atoms with Gasteiger partial charge in [0.1, 0.15) is 11.9 Å². The number of esters is 1. The van der Waals surface area contributed by atoms with Crippen LogP contribution in [-0.2, 0) is 4.79 Å². The second-order valence-corrected chi connectivity index (χ2v) is 9.58. The summed E-state index contributed by atoms with van der Waals surface area (Å²) in [6, 6.07) is 13.5. The van der Waals surface area contributed by atoms with Gasteiger partial charge in [-0.3, -0.25) is 9.59 Å². The van der Waals surface area contributed by atoms with Crippen molar-refractivity contribution in [1.29, 1.82) is 0 Å². The van der Waals surface area contributed by atoms with Crippen LogP contribution in [0.1, 0.15) is 17.3 Å². The fourth-order valence-electron chi connectivity index (χ4n) is 2.12. The van der Waals surface area contributed by atoms with Gasteiger partial charge in [0, 0.05) is 16.2 Å². The van der Waals surface area contributed by atoms with Crippen molar-refractivity contribution in [2.24, 2.45) is 0 Å². The van der Waals surface area contributed by atoms with E-state index in [4.69, 9.17) is 51.8 Å². The first-order valence-corrected chi connectivity index (χ1v) is 10.7. The monoisotopic (exact) mass is 585 g/mol. The lowest BCUT2D eigenvalue weighted by Crippen LogP contribution is -2.56. The summed E-state index contributed by atoms with van der Waals surface area (Å²) in [7, 11) is 0. The van der Waals surface area contributed by atoms with E-state index in [2.05, 4.69) is 16.0 Å². The van der Waals surface area contributed by atoms with E-state index in [0.29, 0.717) is 17.0 Å². The number of nitrogens with one attached hydrogen (secondary N) is 3. The number of hydrogen-bond acceptors (Lipinski definition) is 4. The molecule has 0 saturated heterocycles. The zero-order valence-electron chi connectivity index (χ0n) is 14.8. The molecule has 0 radical (unpaired) electrons. The molecule has 0 saturated carbocycles. The lowest BCUT2D eigenvalue weighted by Gasteiger charge is -2.28. The largest absolute Gasteiger partial charge is 0.427 e. The summed E-state index contributed by atoms with van der Waals surface area (Å²) in [5.41, 5.74) is 1.04. The van der Waals surface area contributed by atoms with E-state index in [1.165, 1.54) is 6.92 Å². The van der Waals surface area contributed by atoms with Gasteiger partial charge >= 0.3 is 5.97 Å². The molecule has 1 atom stereocenters. The lowest BCUT2D eigenvalue weighted by atomic mass is 10.2. The predicted octanol–water partition coefficient (Wildman–Crippen LogP) is 4.63. The molecule has 0 aromatic heterocycles. The Morgan fingerprint density at radius 2 is 1.69 bits per heavy atom. The van der Waals surface area contributed by atoms with Crippen molar-refractivity contribution in [3.63, 3.8) is 0 Å². The third-order valence-electron chi connectivity index (χ3n) is 3.37. The van der Waals surface area contributed by atoms with E-state index in [9.17, 15) is 9.59 Å². The van der Waals surface area contributed by atoms with E-state index >= 15 is 0 Å². The molecule has 0 heterocycles. The van der Waals surface area contributed by atoms with Gasteiger partial charge in [0.25, 0.3) is 5.91 Å². The van der Waals surface area contributed by atoms with Crippen molar-refractivity contribution < 1.29 is 14.3 Å². The summed E-state index contributed by atoms with van der Waals surface area (Å²) >= 11 is 25.3. The van der Waals surface area contributed by atoms with Crippen molar-refractivity contribution in [3.05, 3.63) is 57.7 Å². The van der Waals surface area contributed by atoms with Crippen molar-refractivity contribution in [2.45, 2.75) is 16.9 Å². The molecule has 29 heavy (non-hydrogen) atoms. The minimum atomic E-state index is -1.87. The van der Waals surface area contributed by atoms with E-state index in [-0.39, 0.29) is 5.11 Å². The molecular weight excluding hydrogens is 572 g/mol. The maximum atomic E-state index is 12.6. The molecule has 1 unspecified atom stereocenters. The van der Waals surface area contributed by atoms with Crippen LogP contribution in [0.15, 0.2) is 48.5 Å². The lowest BCUT2D eigenvalue weighted by molar-refractivity contribution is -0.131. The normalized spacial score (nSPS) is 11.9. The van der Waals surface area contributed by atoms with Gasteiger partial charge in [0.15, 0.2) is 5.11 Å². The standard InChI is InChI=1S/C18H15Cl3IN3O3S/c1-10(26)28-12-8-6-11(7-9-12)23-17(29)25-16(18(19,20)21)24-15(27)13-4-2-3-5-14(13)22/h2-9,16H,1H3,(H,24,27)(H2,23,25,29). The van der Waals surface area contributed by atoms with Crippen LogP contribution in [0.3, 0.4) is 0 Å². The average Bonchev–Trinajstić information content (AvgIpc) is 2.62. The summed E-state index contributed by atoms with van der Waals surface area (Å²) < 4.78 is 3.84. The van der Waals surface area contributed by atoms with Crippen LogP contribution in [0, 0.1) is 3.57 Å². The predicted molar refractivity (Wildman–Crippen MR) is 128 cm³/mol. The number of carbonyl (C=O) groups excluding carboxylic acids is 2. The van der Waals surface area contributed by atoms with E-state index in [1.54, 1.807) is 42.5 Å². The van der Waals surface area contributed by atoms with Crippen LogP contribution in [0.4, 0.5) is 5.69 Å². The van der Waals surface area contributed by atoms with E-state index in [0.717, 1.165) is 3.57 Å². The fraction of sp³-hybridized carbons (Fsp3) is 0.167. The maximum Gasteiger partial charge on any atom is 0.308 e. The number of rotatable bonds is 5. The Morgan fingerprint density at radius 1 is 1.07 bits per heavy atom. The van der Waals surface area contributed by atoms with Crippen LogP contribution in [0.5, 0.6) is 5.75 Å². The number of alkyl halides is 3. The second-order valence-electron chi connectivity index (χ2n) is 5.64. The number of hydrogen-bond donors (Lipinski definition) is 3. The van der Waals surface area contributed by atoms with Crippen molar-refractivity contribution in [3.8, 4) is 5.75 Å². The number of halogens is 4. The van der Waals surface area contributed by atoms with Gasteiger partial charge in [-0.05, 0) is 71.2 Å². The van der Waals surface area contributed by atoms with Crippen LogP contribution < -0.4 is 20.7 Å². The number of ether oxygens (including phenoxy) is 1. The van der Waals surface area contributed by atoms with Crippen LogP contribution in [0.25, 0.3) is 0 Å². The third-order valence-corrected chi connectivity index (χ3v) is 5.19. The fourth-order valence-corrected chi connectivity index (χ4v) is 3.32. The Balaban J connectivity index is 2.04. The molecule has 2 rings (SSSR count). The molecule has 0 bridgehead atoms. The smallest absolute Gasteiger partial charge is 0.308 e. The average molecular weight is 587 g/mol. The highest BCUT2D eigenvalue weighted by atomic mass is 127. The van der Waals surface area contributed by atoms with Crippen molar-refractivity contribution in [2.75, 3.05) is 5.32 Å². The minimum absolute atomic E-state index is 0.115. The summed E-state index contributed by atoms with van der Waals surface area (Å²) in [5, 5.41) is 8.42. The molecule has 0 fully saturated rings. The second kappa shape index (κ2) is 10.6. The molecule has 6 nitrogen and oxygen atoms in total. The molecule has 154 valence electrons. The Labute approximate surface area is 201 Å². The molecule has 2 aromatic carbocycles. The van der Waals surface area contributed by atoms with Crippen LogP contribution >= 0.6 is 69.6 Å². The first-order chi connectivity index (χ1) is 13.6. The number of carbonyl (C=O) groups is 2. The Bertz CT molecular complexity index is 907. The molecule has 11 heteroatoms. The number of thiocarbonyl (C=S) groups is 1. The third kappa shape index (κ3) is 7.78. The summed E-state index contributed by atoms with van der Waals surface area (Å²) in [6.07, 6.45) is -1.10. The van der Waals surface area contributed by atoms with Crippen LogP contribution in [-0.4, -0.2) is 26.9 Å². The zero-order valence-corrected chi connectivity index (χ0v) is 20.1. The Morgan fingerprint density at radius 3 is 2.24 bits per heavy atom. The molecule has 0 aliphatic carbocycles. The maximum absolute atomic E-state index is 12.6. The van der Waals surface area contributed by atoms with Crippen molar-refractivity contribution >= 4 is 92.3 Å². The molecule has 2 aromatic rings. The zero-order chi connectivity index (χ0) is 21.6. The number of anilines is 1. The van der Waals surface area contributed by atoms with Gasteiger partial charge in [0.2, 0.25) is 3.79 Å². The molecular formula is C18H15Cl3IN3O3S. The van der Waals surface area contributed by atoms with Gasteiger partial charge in [-0.25, -0.2) is 0 Å². The van der Waals surface area contributed by atoms with Gasteiger partial charge < -0.3 is 20.7 Å². The Kier molecular flexibility index (Phi) is 8.77. The molecule has 0 spiro atoms. The van der Waals surface area contributed by atoms with E-state index in [1.807, 2.05) is 28.7 Å². The van der Waals surface area contributed by atoms with Crippen LogP contribution in [0.2, 0.25) is 0 Å². The number of amides is 1.